The number of hydrogen-bond donors (Lipinski definition) is 3. The zero-order valence-electron chi connectivity index (χ0n) is 12.5. The Hall–Kier alpha value is -1.82. The lowest BCUT2D eigenvalue weighted by Crippen LogP contribution is -2.46. The molecule has 2 amide bonds. The summed E-state index contributed by atoms with van der Waals surface area (Å²) in [6, 6.07) is 3.63. The molecule has 0 aromatic heterocycles. The minimum atomic E-state index is -0.420. The van der Waals surface area contributed by atoms with E-state index in [1.54, 1.807) is 0 Å². The van der Waals surface area contributed by atoms with Crippen LogP contribution in [0.5, 0.6) is 5.75 Å². The van der Waals surface area contributed by atoms with Crippen LogP contribution in [0.3, 0.4) is 0 Å². The molecule has 3 rings (SSSR count). The number of methoxy groups -OCH3 is 1. The minimum absolute atomic E-state index is 0.00944. The lowest BCUT2D eigenvalue weighted by Gasteiger charge is -2.30. The van der Waals surface area contributed by atoms with Crippen LogP contribution in [-0.4, -0.2) is 30.9 Å². The van der Waals surface area contributed by atoms with Crippen LogP contribution in [0, 0.1) is 23.6 Å². The number of benzene rings is 1. The summed E-state index contributed by atoms with van der Waals surface area (Å²) in [7, 11) is 1.43. The Morgan fingerprint density at radius 3 is 2.91 bits per heavy atom. The monoisotopic (exact) mass is 308 g/mol. The first kappa shape index (κ1) is 15.1. The van der Waals surface area contributed by atoms with Gasteiger partial charge in [0.25, 0.3) is 0 Å². The highest BCUT2D eigenvalue weighted by atomic mass is 19.1. The minimum Gasteiger partial charge on any atom is -0.494 e. The first-order valence-corrected chi connectivity index (χ1v) is 7.64. The molecule has 4 atom stereocenters. The fourth-order valence-corrected chi connectivity index (χ4v) is 3.98. The molecule has 1 aromatic carbocycles. The predicted octanol–water partition coefficient (Wildman–Crippen LogP) is 2.36. The van der Waals surface area contributed by atoms with E-state index in [4.69, 9.17) is 4.74 Å². The third-order valence-electron chi connectivity index (χ3n) is 5.01. The Labute approximate surface area is 128 Å². The molecule has 2 saturated carbocycles. The molecule has 1 aromatic rings. The summed E-state index contributed by atoms with van der Waals surface area (Å²) in [4.78, 5) is 12.2. The van der Waals surface area contributed by atoms with Crippen molar-refractivity contribution >= 4 is 11.7 Å². The number of carbonyl (C=O) groups is 1. The fraction of sp³-hybridized carbons (Fsp3) is 0.562. The first-order chi connectivity index (χ1) is 10.6. The molecule has 0 aliphatic heterocycles. The number of urea groups is 1. The normalized spacial score (nSPS) is 29.4. The molecule has 22 heavy (non-hydrogen) atoms. The van der Waals surface area contributed by atoms with Gasteiger partial charge in [0, 0.05) is 24.6 Å². The van der Waals surface area contributed by atoms with Crippen LogP contribution in [0.2, 0.25) is 0 Å². The van der Waals surface area contributed by atoms with Crippen LogP contribution >= 0.6 is 0 Å². The number of nitrogens with one attached hydrogen (secondary N) is 2. The van der Waals surface area contributed by atoms with Crippen molar-refractivity contribution in [1.29, 1.82) is 0 Å². The van der Waals surface area contributed by atoms with Crippen molar-refractivity contribution in [2.45, 2.75) is 25.3 Å². The number of halogens is 1. The molecule has 5 nitrogen and oxygen atoms in total. The molecule has 2 bridgehead atoms. The van der Waals surface area contributed by atoms with E-state index in [0.29, 0.717) is 17.5 Å². The van der Waals surface area contributed by atoms with Gasteiger partial charge >= 0.3 is 6.03 Å². The maximum Gasteiger partial charge on any atom is 0.319 e. The Kier molecular flexibility index (Phi) is 4.20. The predicted molar refractivity (Wildman–Crippen MR) is 80.3 cm³/mol. The fourth-order valence-electron chi connectivity index (χ4n) is 3.98. The highest BCUT2D eigenvalue weighted by Gasteiger charge is 2.47. The van der Waals surface area contributed by atoms with E-state index in [2.05, 4.69) is 10.6 Å². The van der Waals surface area contributed by atoms with Crippen molar-refractivity contribution in [1.82, 2.24) is 5.32 Å². The molecular weight excluding hydrogens is 287 g/mol. The van der Waals surface area contributed by atoms with Gasteiger partial charge in [-0.1, -0.05) is 0 Å². The van der Waals surface area contributed by atoms with Gasteiger partial charge in [-0.25, -0.2) is 9.18 Å². The summed E-state index contributed by atoms with van der Waals surface area (Å²) >= 11 is 0. The Morgan fingerprint density at radius 2 is 2.18 bits per heavy atom. The summed E-state index contributed by atoms with van der Waals surface area (Å²) < 4.78 is 18.2. The van der Waals surface area contributed by atoms with Gasteiger partial charge in [-0.2, -0.15) is 0 Å². The van der Waals surface area contributed by atoms with E-state index in [0.717, 1.165) is 19.3 Å². The van der Waals surface area contributed by atoms with Gasteiger partial charge in [0.15, 0.2) is 0 Å². The molecule has 4 unspecified atom stereocenters. The summed E-state index contributed by atoms with van der Waals surface area (Å²) in [5.41, 5.74) is 0.421. The number of rotatable bonds is 4. The zero-order valence-corrected chi connectivity index (χ0v) is 12.5. The maximum absolute atomic E-state index is 13.2. The second-order valence-corrected chi connectivity index (χ2v) is 6.15. The van der Waals surface area contributed by atoms with Crippen molar-refractivity contribution in [2.75, 3.05) is 19.0 Å². The van der Waals surface area contributed by atoms with Gasteiger partial charge in [-0.05, 0) is 43.2 Å². The van der Waals surface area contributed by atoms with E-state index >= 15 is 0 Å². The Bertz CT molecular complexity index is 566. The lowest BCUT2D eigenvalue weighted by molar-refractivity contribution is 0.146. The van der Waals surface area contributed by atoms with Gasteiger partial charge < -0.3 is 20.5 Å². The van der Waals surface area contributed by atoms with Crippen LogP contribution in [0.15, 0.2) is 18.2 Å². The molecule has 2 aliphatic carbocycles. The molecule has 0 saturated heterocycles. The summed E-state index contributed by atoms with van der Waals surface area (Å²) in [6.45, 7) is 0.103. The zero-order chi connectivity index (χ0) is 15.7. The third-order valence-corrected chi connectivity index (χ3v) is 5.01. The van der Waals surface area contributed by atoms with Crippen molar-refractivity contribution in [3.05, 3.63) is 24.0 Å². The van der Waals surface area contributed by atoms with Crippen LogP contribution < -0.4 is 15.4 Å². The molecule has 0 radical (unpaired) electrons. The Balaban J connectivity index is 1.66. The second-order valence-electron chi connectivity index (χ2n) is 6.15. The van der Waals surface area contributed by atoms with Crippen LogP contribution in [0.25, 0.3) is 0 Å². The molecular formula is C16H21FN2O3. The van der Waals surface area contributed by atoms with E-state index in [-0.39, 0.29) is 30.3 Å². The average Bonchev–Trinajstić information content (AvgIpc) is 3.10. The molecule has 2 aliphatic rings. The van der Waals surface area contributed by atoms with E-state index in [9.17, 15) is 14.3 Å². The van der Waals surface area contributed by atoms with Gasteiger partial charge in [0.1, 0.15) is 11.6 Å². The number of amides is 2. The summed E-state index contributed by atoms with van der Waals surface area (Å²) in [6.07, 6.45) is 3.32. The van der Waals surface area contributed by atoms with E-state index in [1.807, 2.05) is 0 Å². The van der Waals surface area contributed by atoms with Crippen molar-refractivity contribution in [3.8, 4) is 5.75 Å². The molecule has 3 N–H and O–H groups in total. The number of carbonyl (C=O) groups excluding carboxylic acids is 1. The quantitative estimate of drug-likeness (QED) is 0.799. The number of anilines is 1. The number of fused-ring (bicyclic) bond motifs is 2. The van der Waals surface area contributed by atoms with Gasteiger partial charge in [-0.15, -0.1) is 0 Å². The highest BCUT2D eigenvalue weighted by Crippen LogP contribution is 2.48. The van der Waals surface area contributed by atoms with Gasteiger partial charge in [0.05, 0.1) is 12.8 Å². The highest BCUT2D eigenvalue weighted by molar-refractivity contribution is 5.91. The molecule has 0 heterocycles. The summed E-state index contributed by atoms with van der Waals surface area (Å²) in [5, 5.41) is 15.2. The standard InChI is InChI=1S/C16H21FN2O3/c1-22-14-7-11(17)4-5-13(14)18-16(21)19-15-10-3-2-9(6-10)12(15)8-20/h4-5,7,9-10,12,15,20H,2-3,6,8H2,1H3,(H2,18,19,21). The average molecular weight is 308 g/mol. The second kappa shape index (κ2) is 6.12. The number of aliphatic hydroxyl groups excluding tert-OH is 1. The van der Waals surface area contributed by atoms with Crippen LogP contribution in [0.1, 0.15) is 19.3 Å². The largest absolute Gasteiger partial charge is 0.494 e. The van der Waals surface area contributed by atoms with Crippen molar-refractivity contribution in [3.63, 3.8) is 0 Å². The van der Waals surface area contributed by atoms with E-state index in [1.165, 1.54) is 25.3 Å². The van der Waals surface area contributed by atoms with Gasteiger partial charge in [-0.3, -0.25) is 0 Å². The van der Waals surface area contributed by atoms with E-state index < -0.39 is 5.82 Å². The maximum atomic E-state index is 13.2. The lowest BCUT2D eigenvalue weighted by atomic mass is 9.85. The SMILES string of the molecule is COc1cc(F)ccc1NC(=O)NC1C2CCC(C2)C1CO. The number of aliphatic hydroxyl groups is 1. The van der Waals surface area contributed by atoms with Crippen LogP contribution in [0.4, 0.5) is 14.9 Å². The summed E-state index contributed by atoms with van der Waals surface area (Å²) in [5.74, 6) is 0.960. The van der Waals surface area contributed by atoms with Crippen molar-refractivity contribution in [2.24, 2.45) is 17.8 Å². The molecule has 0 spiro atoms. The Morgan fingerprint density at radius 1 is 1.41 bits per heavy atom. The van der Waals surface area contributed by atoms with Gasteiger partial charge in [0.2, 0.25) is 0 Å². The molecule has 6 heteroatoms. The van der Waals surface area contributed by atoms with Crippen molar-refractivity contribution < 1.29 is 19.0 Å². The topological polar surface area (TPSA) is 70.6 Å². The third kappa shape index (κ3) is 2.75. The number of hydrogen-bond acceptors (Lipinski definition) is 3. The van der Waals surface area contributed by atoms with Crippen LogP contribution in [-0.2, 0) is 0 Å². The molecule has 2 fully saturated rings. The smallest absolute Gasteiger partial charge is 0.319 e. The number of ether oxygens (including phenoxy) is 1. The molecule has 120 valence electrons. The first-order valence-electron chi connectivity index (χ1n) is 7.64.